The first-order valence-corrected chi connectivity index (χ1v) is 9.53. The number of hydrogen-bond donors (Lipinski definition) is 1. The largest absolute Gasteiger partial charge is 0.319 e. The highest BCUT2D eigenvalue weighted by atomic mass is 32.2. The maximum absolute atomic E-state index is 11.7. The van der Waals surface area contributed by atoms with Crippen molar-refractivity contribution in [1.82, 2.24) is 14.7 Å². The van der Waals surface area contributed by atoms with Crippen LogP contribution in [0, 0.1) is 11.8 Å². The topological polar surface area (TPSA) is 63.5 Å². The number of hydrogen-bond acceptors (Lipinski definition) is 5. The first-order chi connectivity index (χ1) is 9.57. The van der Waals surface area contributed by atoms with Crippen LogP contribution in [-0.2, 0) is 16.3 Å². The molecule has 1 saturated heterocycles. The predicted octanol–water partition coefficient (Wildman–Crippen LogP) is 1.21. The van der Waals surface area contributed by atoms with Gasteiger partial charge in [0, 0.05) is 17.8 Å². The average Bonchev–Trinajstić information content (AvgIpc) is 3.02. The number of imidazole rings is 1. The van der Waals surface area contributed by atoms with Gasteiger partial charge in [0.1, 0.15) is 0 Å². The van der Waals surface area contributed by atoms with Crippen molar-refractivity contribution >= 4 is 26.1 Å². The Morgan fingerprint density at radius 1 is 1.60 bits per heavy atom. The molecule has 0 aromatic carbocycles. The van der Waals surface area contributed by atoms with E-state index in [2.05, 4.69) is 16.5 Å². The zero-order valence-electron chi connectivity index (χ0n) is 11.4. The van der Waals surface area contributed by atoms with Crippen molar-refractivity contribution in [2.75, 3.05) is 25.1 Å². The third kappa shape index (κ3) is 2.89. The van der Waals surface area contributed by atoms with Crippen LogP contribution in [0.3, 0.4) is 0 Å². The van der Waals surface area contributed by atoms with Crippen LogP contribution < -0.4 is 5.32 Å². The van der Waals surface area contributed by atoms with Gasteiger partial charge >= 0.3 is 0 Å². The molecule has 3 heterocycles. The van der Waals surface area contributed by atoms with Crippen LogP contribution in [0.1, 0.15) is 12.1 Å². The number of fused-ring (bicyclic) bond motifs is 1. The SMILES string of the molecule is CNCC(Cc1cn2ccsc2n1)C1CCS(=O)(=O)C1. The molecule has 0 spiro atoms. The summed E-state index contributed by atoms with van der Waals surface area (Å²) >= 11 is 1.62. The third-order valence-electron chi connectivity index (χ3n) is 4.02. The lowest BCUT2D eigenvalue weighted by atomic mass is 9.88. The molecule has 1 aliphatic rings. The van der Waals surface area contributed by atoms with Gasteiger partial charge in [0.2, 0.25) is 0 Å². The number of aromatic nitrogens is 2. The van der Waals surface area contributed by atoms with Gasteiger partial charge < -0.3 is 5.32 Å². The molecule has 0 amide bonds. The first-order valence-electron chi connectivity index (χ1n) is 6.83. The molecule has 2 atom stereocenters. The van der Waals surface area contributed by atoms with Crippen LogP contribution >= 0.6 is 11.3 Å². The minimum atomic E-state index is -2.82. The molecule has 0 bridgehead atoms. The zero-order valence-corrected chi connectivity index (χ0v) is 13.1. The van der Waals surface area contributed by atoms with Gasteiger partial charge in [0.15, 0.2) is 14.8 Å². The highest BCUT2D eigenvalue weighted by molar-refractivity contribution is 7.91. The van der Waals surface area contributed by atoms with Crippen LogP contribution in [0.25, 0.3) is 4.96 Å². The quantitative estimate of drug-likeness (QED) is 0.901. The molecule has 1 N–H and O–H groups in total. The molecule has 0 saturated carbocycles. The van der Waals surface area contributed by atoms with E-state index in [-0.39, 0.29) is 5.92 Å². The fourth-order valence-corrected chi connectivity index (χ4v) is 5.64. The Labute approximate surface area is 122 Å². The summed E-state index contributed by atoms with van der Waals surface area (Å²) < 4.78 is 25.4. The lowest BCUT2D eigenvalue weighted by Crippen LogP contribution is -2.28. The van der Waals surface area contributed by atoms with Crippen LogP contribution in [-0.4, -0.2) is 42.9 Å². The van der Waals surface area contributed by atoms with Crippen LogP contribution in [0.15, 0.2) is 17.8 Å². The smallest absolute Gasteiger partial charge is 0.193 e. The van der Waals surface area contributed by atoms with Crippen molar-refractivity contribution < 1.29 is 8.42 Å². The van der Waals surface area contributed by atoms with E-state index in [1.807, 2.05) is 23.0 Å². The van der Waals surface area contributed by atoms with Crippen molar-refractivity contribution in [1.29, 1.82) is 0 Å². The maximum atomic E-state index is 11.7. The molecule has 0 radical (unpaired) electrons. The van der Waals surface area contributed by atoms with E-state index in [0.29, 0.717) is 17.4 Å². The lowest BCUT2D eigenvalue weighted by molar-refractivity contribution is 0.349. The molecule has 1 fully saturated rings. The summed E-state index contributed by atoms with van der Waals surface area (Å²) in [6.45, 7) is 0.839. The van der Waals surface area contributed by atoms with Gasteiger partial charge in [-0.05, 0) is 38.3 Å². The standard InChI is InChI=1S/C13H19N3O2S2/c1-14-7-11(10-2-5-20(17,18)9-10)6-12-8-16-3-4-19-13(16)15-12/h3-4,8,10-11,14H,2,5-7,9H2,1H3. The second-order valence-corrected chi connectivity index (χ2v) is 8.61. The molecule has 2 unspecified atom stereocenters. The molecule has 110 valence electrons. The minimum Gasteiger partial charge on any atom is -0.319 e. The van der Waals surface area contributed by atoms with Crippen LogP contribution in [0.4, 0.5) is 0 Å². The van der Waals surface area contributed by atoms with E-state index in [4.69, 9.17) is 0 Å². The van der Waals surface area contributed by atoms with E-state index in [1.165, 1.54) is 0 Å². The molecular weight excluding hydrogens is 294 g/mol. The molecule has 7 heteroatoms. The Morgan fingerprint density at radius 2 is 2.45 bits per heavy atom. The molecule has 20 heavy (non-hydrogen) atoms. The van der Waals surface area contributed by atoms with E-state index in [1.54, 1.807) is 11.3 Å². The Bertz CT molecular complexity index is 661. The summed E-state index contributed by atoms with van der Waals surface area (Å²) in [5.41, 5.74) is 1.06. The van der Waals surface area contributed by atoms with E-state index in [0.717, 1.165) is 30.0 Å². The van der Waals surface area contributed by atoms with Crippen molar-refractivity contribution in [2.24, 2.45) is 11.8 Å². The van der Waals surface area contributed by atoms with E-state index >= 15 is 0 Å². The number of sulfone groups is 1. The van der Waals surface area contributed by atoms with E-state index < -0.39 is 9.84 Å². The summed E-state index contributed by atoms with van der Waals surface area (Å²) in [6, 6.07) is 0. The predicted molar refractivity (Wildman–Crippen MR) is 81.0 cm³/mol. The van der Waals surface area contributed by atoms with Crippen molar-refractivity contribution in [3.05, 3.63) is 23.5 Å². The van der Waals surface area contributed by atoms with Gasteiger partial charge in [-0.2, -0.15) is 0 Å². The molecule has 1 aliphatic heterocycles. The second-order valence-electron chi connectivity index (χ2n) is 5.51. The lowest BCUT2D eigenvalue weighted by Gasteiger charge is -2.21. The minimum absolute atomic E-state index is 0.257. The fourth-order valence-electron chi connectivity index (χ4n) is 3.01. The number of rotatable bonds is 5. The average molecular weight is 313 g/mol. The molecular formula is C13H19N3O2S2. The number of nitrogens with one attached hydrogen (secondary N) is 1. The Hall–Kier alpha value is -0.920. The van der Waals surface area contributed by atoms with Crippen molar-refractivity contribution in [3.63, 3.8) is 0 Å². The summed E-state index contributed by atoms with van der Waals surface area (Å²) in [5.74, 6) is 1.27. The van der Waals surface area contributed by atoms with Gasteiger partial charge in [-0.25, -0.2) is 13.4 Å². The second kappa shape index (κ2) is 5.46. The number of nitrogens with zero attached hydrogens (tertiary/aromatic N) is 2. The monoisotopic (exact) mass is 313 g/mol. The molecule has 2 aromatic rings. The highest BCUT2D eigenvalue weighted by Crippen LogP contribution is 2.28. The van der Waals surface area contributed by atoms with Crippen LogP contribution in [0.5, 0.6) is 0 Å². The maximum Gasteiger partial charge on any atom is 0.193 e. The fraction of sp³-hybridized carbons (Fsp3) is 0.615. The summed E-state index contributed by atoms with van der Waals surface area (Å²) in [4.78, 5) is 5.61. The normalized spacial score (nSPS) is 23.4. The first kappa shape index (κ1) is 14.0. The van der Waals surface area contributed by atoms with Crippen molar-refractivity contribution in [2.45, 2.75) is 12.8 Å². The van der Waals surface area contributed by atoms with Gasteiger partial charge in [-0.15, -0.1) is 11.3 Å². The van der Waals surface area contributed by atoms with Gasteiger partial charge in [-0.3, -0.25) is 4.40 Å². The Morgan fingerprint density at radius 3 is 3.10 bits per heavy atom. The Kier molecular flexibility index (Phi) is 3.83. The summed E-state index contributed by atoms with van der Waals surface area (Å²) in [5, 5.41) is 5.21. The van der Waals surface area contributed by atoms with Crippen LogP contribution in [0.2, 0.25) is 0 Å². The third-order valence-corrected chi connectivity index (χ3v) is 6.58. The molecule has 0 aliphatic carbocycles. The molecule has 5 nitrogen and oxygen atoms in total. The zero-order chi connectivity index (χ0) is 14.2. The summed E-state index contributed by atoms with van der Waals surface area (Å²) in [7, 11) is -0.897. The van der Waals surface area contributed by atoms with Gasteiger partial charge in [0.05, 0.1) is 17.2 Å². The van der Waals surface area contributed by atoms with Crippen molar-refractivity contribution in [3.8, 4) is 0 Å². The van der Waals surface area contributed by atoms with Gasteiger partial charge in [0.25, 0.3) is 0 Å². The van der Waals surface area contributed by atoms with E-state index in [9.17, 15) is 8.42 Å². The van der Waals surface area contributed by atoms with Gasteiger partial charge in [-0.1, -0.05) is 0 Å². The Balaban J connectivity index is 1.75. The molecule has 3 rings (SSSR count). The highest BCUT2D eigenvalue weighted by Gasteiger charge is 2.33. The summed E-state index contributed by atoms with van der Waals surface area (Å²) in [6.07, 6.45) is 5.69. The molecule has 2 aromatic heterocycles. The number of thiazole rings is 1.